The van der Waals surface area contributed by atoms with Gasteiger partial charge in [-0.1, -0.05) is 12.1 Å². The molecule has 3 rings (SSSR count). The Bertz CT molecular complexity index is 954. The highest BCUT2D eigenvalue weighted by Gasteiger charge is 2.30. The van der Waals surface area contributed by atoms with Crippen molar-refractivity contribution in [3.8, 4) is 0 Å². The summed E-state index contributed by atoms with van der Waals surface area (Å²) in [5, 5.41) is 13.2. The van der Waals surface area contributed by atoms with Crippen molar-refractivity contribution in [1.29, 1.82) is 5.41 Å². The van der Waals surface area contributed by atoms with Crippen molar-refractivity contribution in [1.82, 2.24) is 20.5 Å². The molecule has 1 aliphatic heterocycles. The van der Waals surface area contributed by atoms with Gasteiger partial charge in [-0.05, 0) is 41.6 Å². The van der Waals surface area contributed by atoms with Crippen molar-refractivity contribution < 1.29 is 18.0 Å². The molecule has 0 unspecified atom stereocenters. The van der Waals surface area contributed by atoms with Crippen LogP contribution in [0.5, 0.6) is 0 Å². The number of alkyl halides is 3. The summed E-state index contributed by atoms with van der Waals surface area (Å²) in [6.45, 7) is 1.72. The lowest BCUT2D eigenvalue weighted by Gasteiger charge is -2.15. The molecule has 0 saturated carbocycles. The van der Waals surface area contributed by atoms with Gasteiger partial charge in [-0.15, -0.1) is 0 Å². The van der Waals surface area contributed by atoms with Crippen LogP contribution in [0.2, 0.25) is 0 Å². The molecule has 1 aliphatic rings. The van der Waals surface area contributed by atoms with E-state index in [-0.39, 0.29) is 18.2 Å². The van der Waals surface area contributed by atoms with Gasteiger partial charge in [-0.2, -0.15) is 13.2 Å². The monoisotopic (exact) mass is 417 g/mol. The summed E-state index contributed by atoms with van der Waals surface area (Å²) in [4.78, 5) is 18.7. The SMILES string of the molecule is CN/C=C\C(=N)CNC(=O)c1cnc2c(c1)CN(Cc1ccc(C(F)(F)F)cc1)C2. The number of aromatic nitrogens is 1. The largest absolute Gasteiger partial charge is 0.416 e. The summed E-state index contributed by atoms with van der Waals surface area (Å²) in [6, 6.07) is 6.91. The minimum absolute atomic E-state index is 0.105. The lowest BCUT2D eigenvalue weighted by atomic mass is 10.1. The number of fused-ring (bicyclic) bond motifs is 1. The molecule has 9 heteroatoms. The van der Waals surface area contributed by atoms with E-state index in [0.717, 1.165) is 29.0 Å². The van der Waals surface area contributed by atoms with Crippen LogP contribution in [0.25, 0.3) is 0 Å². The average molecular weight is 417 g/mol. The molecular formula is C21H22F3N5O. The first kappa shape index (κ1) is 21.5. The second-order valence-corrected chi connectivity index (χ2v) is 7.00. The van der Waals surface area contributed by atoms with Gasteiger partial charge >= 0.3 is 6.18 Å². The van der Waals surface area contributed by atoms with Crippen LogP contribution in [-0.4, -0.2) is 35.1 Å². The topological polar surface area (TPSA) is 81.1 Å². The molecule has 2 aromatic rings. The number of benzene rings is 1. The summed E-state index contributed by atoms with van der Waals surface area (Å²) >= 11 is 0. The van der Waals surface area contributed by atoms with E-state index in [0.29, 0.717) is 25.2 Å². The lowest BCUT2D eigenvalue weighted by molar-refractivity contribution is -0.137. The Morgan fingerprint density at radius 1 is 1.27 bits per heavy atom. The third kappa shape index (κ3) is 5.44. The molecule has 0 fully saturated rings. The second kappa shape index (κ2) is 9.08. The molecule has 0 atom stereocenters. The second-order valence-electron chi connectivity index (χ2n) is 7.00. The summed E-state index contributed by atoms with van der Waals surface area (Å²) in [6.07, 6.45) is 0.324. The Morgan fingerprint density at radius 2 is 2.00 bits per heavy atom. The quantitative estimate of drug-likeness (QED) is 0.605. The predicted octanol–water partition coefficient (Wildman–Crippen LogP) is 3.10. The normalized spacial score (nSPS) is 14.0. The predicted molar refractivity (Wildman–Crippen MR) is 107 cm³/mol. The average Bonchev–Trinajstić information content (AvgIpc) is 3.11. The minimum atomic E-state index is -4.34. The Morgan fingerprint density at radius 3 is 2.67 bits per heavy atom. The summed E-state index contributed by atoms with van der Waals surface area (Å²) in [5.74, 6) is -0.311. The van der Waals surface area contributed by atoms with Crippen molar-refractivity contribution >= 4 is 11.6 Å². The van der Waals surface area contributed by atoms with E-state index in [2.05, 4.69) is 20.5 Å². The molecule has 3 N–H and O–H groups in total. The van der Waals surface area contributed by atoms with Crippen LogP contribution in [0.3, 0.4) is 0 Å². The Balaban J connectivity index is 1.58. The van der Waals surface area contributed by atoms with Crippen LogP contribution in [-0.2, 0) is 25.8 Å². The molecule has 6 nitrogen and oxygen atoms in total. The molecule has 0 radical (unpaired) electrons. The number of carbonyl (C=O) groups is 1. The first-order valence-electron chi connectivity index (χ1n) is 9.32. The number of pyridine rings is 1. The fourth-order valence-corrected chi connectivity index (χ4v) is 3.14. The van der Waals surface area contributed by atoms with E-state index in [1.54, 1.807) is 25.4 Å². The van der Waals surface area contributed by atoms with Gasteiger partial charge in [0.2, 0.25) is 0 Å². The molecule has 30 heavy (non-hydrogen) atoms. The number of rotatable bonds is 7. The van der Waals surface area contributed by atoms with Crippen LogP contribution >= 0.6 is 0 Å². The van der Waals surface area contributed by atoms with Gasteiger partial charge in [0, 0.05) is 32.9 Å². The third-order valence-corrected chi connectivity index (χ3v) is 4.67. The Hall–Kier alpha value is -3.20. The highest BCUT2D eigenvalue weighted by Crippen LogP contribution is 2.30. The summed E-state index contributed by atoms with van der Waals surface area (Å²) in [7, 11) is 1.72. The third-order valence-electron chi connectivity index (χ3n) is 4.67. The highest BCUT2D eigenvalue weighted by atomic mass is 19.4. The van der Waals surface area contributed by atoms with Gasteiger partial charge in [0.25, 0.3) is 5.91 Å². The smallest absolute Gasteiger partial charge is 0.394 e. The maximum atomic E-state index is 12.7. The summed E-state index contributed by atoms with van der Waals surface area (Å²) in [5.41, 5.74) is 2.55. The number of nitrogens with one attached hydrogen (secondary N) is 3. The maximum absolute atomic E-state index is 12.7. The van der Waals surface area contributed by atoms with Crippen molar-refractivity contribution in [2.24, 2.45) is 0 Å². The first-order chi connectivity index (χ1) is 14.3. The van der Waals surface area contributed by atoms with Crippen LogP contribution < -0.4 is 10.6 Å². The van der Waals surface area contributed by atoms with Crippen molar-refractivity contribution in [3.05, 3.63) is 76.8 Å². The molecule has 2 heterocycles. The number of hydrogen-bond acceptors (Lipinski definition) is 5. The van der Waals surface area contributed by atoms with Crippen molar-refractivity contribution in [2.45, 2.75) is 25.8 Å². The fraction of sp³-hybridized carbons (Fsp3) is 0.286. The zero-order valence-corrected chi connectivity index (χ0v) is 16.4. The molecule has 1 aromatic carbocycles. The van der Waals surface area contributed by atoms with Gasteiger partial charge in [-0.3, -0.25) is 14.7 Å². The van der Waals surface area contributed by atoms with E-state index >= 15 is 0 Å². The Labute approximate surface area is 172 Å². The lowest BCUT2D eigenvalue weighted by Crippen LogP contribution is -2.28. The Kier molecular flexibility index (Phi) is 6.51. The van der Waals surface area contributed by atoms with Crippen molar-refractivity contribution in [3.63, 3.8) is 0 Å². The molecule has 0 aliphatic carbocycles. The maximum Gasteiger partial charge on any atom is 0.416 e. The van der Waals surface area contributed by atoms with Crippen LogP contribution in [0.1, 0.15) is 32.7 Å². The van der Waals surface area contributed by atoms with E-state index in [4.69, 9.17) is 5.41 Å². The van der Waals surface area contributed by atoms with Crippen LogP contribution in [0, 0.1) is 5.41 Å². The number of carbonyl (C=O) groups excluding carboxylic acids is 1. The van der Waals surface area contributed by atoms with E-state index in [1.165, 1.54) is 18.3 Å². The molecule has 1 amide bonds. The molecule has 1 aromatic heterocycles. The fourth-order valence-electron chi connectivity index (χ4n) is 3.14. The van der Waals surface area contributed by atoms with E-state index in [9.17, 15) is 18.0 Å². The van der Waals surface area contributed by atoms with Gasteiger partial charge in [0.1, 0.15) is 0 Å². The molecule has 158 valence electrons. The van der Waals surface area contributed by atoms with Gasteiger partial charge in [-0.25, -0.2) is 0 Å². The van der Waals surface area contributed by atoms with Crippen LogP contribution in [0.15, 0.2) is 48.8 Å². The van der Waals surface area contributed by atoms with Gasteiger partial charge in [0.05, 0.1) is 29.1 Å². The molecular weight excluding hydrogens is 395 g/mol. The zero-order valence-electron chi connectivity index (χ0n) is 16.4. The first-order valence-corrected chi connectivity index (χ1v) is 9.32. The van der Waals surface area contributed by atoms with Crippen molar-refractivity contribution in [2.75, 3.05) is 13.6 Å². The highest BCUT2D eigenvalue weighted by molar-refractivity contribution is 6.00. The minimum Gasteiger partial charge on any atom is -0.394 e. The molecule has 0 spiro atoms. The number of halogens is 3. The number of nitrogens with zero attached hydrogens (tertiary/aromatic N) is 2. The number of amides is 1. The summed E-state index contributed by atoms with van der Waals surface area (Å²) < 4.78 is 38.1. The van der Waals surface area contributed by atoms with Crippen LogP contribution in [0.4, 0.5) is 13.2 Å². The zero-order chi connectivity index (χ0) is 21.7. The number of hydrogen-bond donors (Lipinski definition) is 3. The molecule has 0 saturated heterocycles. The molecule has 0 bridgehead atoms. The van der Waals surface area contributed by atoms with Gasteiger partial charge < -0.3 is 16.0 Å². The van der Waals surface area contributed by atoms with Gasteiger partial charge in [0.15, 0.2) is 0 Å². The van der Waals surface area contributed by atoms with E-state index < -0.39 is 11.7 Å². The van der Waals surface area contributed by atoms with E-state index in [1.807, 2.05) is 0 Å². The standard InChI is InChI=1S/C21H22F3N5O/c1-26-7-6-18(25)10-28-20(30)15-8-16-12-29(13-19(16)27-9-15)11-14-2-4-17(5-3-14)21(22,23)24/h2-9,25-26H,10-13H2,1H3,(H,28,30)/b7-6-,25-18?.